The first-order valence-electron chi connectivity index (χ1n) is 6.39. The quantitative estimate of drug-likeness (QED) is 0.854. The smallest absolute Gasteiger partial charge is 0.239 e. The average molecular weight is 278 g/mol. The molecule has 1 saturated heterocycles. The summed E-state index contributed by atoms with van der Waals surface area (Å²) in [4.78, 5) is 25.0. The number of hydrogen-bond donors (Lipinski definition) is 1. The Morgan fingerprint density at radius 1 is 1.30 bits per heavy atom. The zero-order chi connectivity index (χ0) is 14.5. The van der Waals surface area contributed by atoms with Crippen LogP contribution in [0.3, 0.4) is 0 Å². The van der Waals surface area contributed by atoms with Gasteiger partial charge in [0.2, 0.25) is 11.8 Å². The summed E-state index contributed by atoms with van der Waals surface area (Å²) < 4.78 is 10.4. The molecule has 0 aromatic heterocycles. The maximum Gasteiger partial charge on any atom is 0.239 e. The van der Waals surface area contributed by atoms with Crippen LogP contribution in [-0.4, -0.2) is 50.6 Å². The highest BCUT2D eigenvalue weighted by Crippen LogP contribution is 2.27. The number of rotatable bonds is 4. The Hall–Kier alpha value is -2.24. The SMILES string of the molecule is COc1ccc(CC(=O)N2CCNC(=O)C2)cc1OC. The first-order valence-corrected chi connectivity index (χ1v) is 6.39. The van der Waals surface area contributed by atoms with E-state index in [1.54, 1.807) is 31.3 Å². The molecule has 1 aliphatic heterocycles. The molecule has 0 radical (unpaired) electrons. The van der Waals surface area contributed by atoms with Gasteiger partial charge in [0.25, 0.3) is 0 Å². The number of hydrogen-bond acceptors (Lipinski definition) is 4. The average Bonchev–Trinajstić information content (AvgIpc) is 2.47. The highest BCUT2D eigenvalue weighted by molar-refractivity contribution is 5.86. The van der Waals surface area contributed by atoms with Crippen LogP contribution in [-0.2, 0) is 16.0 Å². The van der Waals surface area contributed by atoms with Crippen LogP contribution in [0.1, 0.15) is 5.56 Å². The molecule has 1 fully saturated rings. The van der Waals surface area contributed by atoms with Crippen LogP contribution in [0.15, 0.2) is 18.2 Å². The fraction of sp³-hybridized carbons (Fsp3) is 0.429. The third-order valence-corrected chi connectivity index (χ3v) is 3.19. The van der Waals surface area contributed by atoms with Crippen molar-refractivity contribution in [2.75, 3.05) is 33.9 Å². The van der Waals surface area contributed by atoms with Gasteiger partial charge in [-0.3, -0.25) is 9.59 Å². The number of carbonyl (C=O) groups excluding carboxylic acids is 2. The van der Waals surface area contributed by atoms with Crippen LogP contribution in [0.5, 0.6) is 11.5 Å². The van der Waals surface area contributed by atoms with Crippen molar-refractivity contribution in [1.82, 2.24) is 10.2 Å². The largest absolute Gasteiger partial charge is 0.493 e. The number of benzene rings is 1. The van der Waals surface area contributed by atoms with Crippen molar-refractivity contribution >= 4 is 11.8 Å². The minimum atomic E-state index is -0.114. The van der Waals surface area contributed by atoms with E-state index in [0.717, 1.165) is 5.56 Å². The van der Waals surface area contributed by atoms with Crippen LogP contribution < -0.4 is 14.8 Å². The Labute approximate surface area is 117 Å². The van der Waals surface area contributed by atoms with E-state index in [1.807, 2.05) is 6.07 Å². The first-order chi connectivity index (χ1) is 9.63. The van der Waals surface area contributed by atoms with Gasteiger partial charge in [-0.25, -0.2) is 0 Å². The third kappa shape index (κ3) is 3.20. The van der Waals surface area contributed by atoms with Gasteiger partial charge in [0, 0.05) is 13.1 Å². The molecule has 2 rings (SSSR count). The second kappa shape index (κ2) is 6.27. The standard InChI is InChI=1S/C14H18N2O4/c1-19-11-4-3-10(7-12(11)20-2)8-14(18)16-6-5-15-13(17)9-16/h3-4,7H,5-6,8-9H2,1-2H3,(H,15,17). The molecular formula is C14H18N2O4. The van der Waals surface area contributed by atoms with E-state index in [2.05, 4.69) is 5.32 Å². The molecule has 1 heterocycles. The molecule has 0 spiro atoms. The zero-order valence-corrected chi connectivity index (χ0v) is 11.6. The molecule has 0 saturated carbocycles. The van der Waals surface area contributed by atoms with E-state index in [-0.39, 0.29) is 24.8 Å². The predicted molar refractivity (Wildman–Crippen MR) is 72.8 cm³/mol. The van der Waals surface area contributed by atoms with Gasteiger partial charge >= 0.3 is 0 Å². The Bertz CT molecular complexity index is 516. The number of nitrogens with one attached hydrogen (secondary N) is 1. The molecule has 2 amide bonds. The number of methoxy groups -OCH3 is 2. The van der Waals surface area contributed by atoms with Crippen molar-refractivity contribution in [3.8, 4) is 11.5 Å². The topological polar surface area (TPSA) is 67.9 Å². The molecule has 108 valence electrons. The van der Waals surface area contributed by atoms with Crippen molar-refractivity contribution in [2.45, 2.75) is 6.42 Å². The lowest BCUT2D eigenvalue weighted by molar-refractivity contribution is -0.137. The maximum absolute atomic E-state index is 12.1. The van der Waals surface area contributed by atoms with Gasteiger partial charge in [-0.2, -0.15) is 0 Å². The van der Waals surface area contributed by atoms with E-state index >= 15 is 0 Å². The number of carbonyl (C=O) groups is 2. The van der Waals surface area contributed by atoms with E-state index in [9.17, 15) is 9.59 Å². The second-order valence-electron chi connectivity index (χ2n) is 4.53. The number of piperazine rings is 1. The van der Waals surface area contributed by atoms with Crippen LogP contribution in [0.4, 0.5) is 0 Å². The Morgan fingerprint density at radius 2 is 2.05 bits per heavy atom. The maximum atomic E-state index is 12.1. The highest BCUT2D eigenvalue weighted by Gasteiger charge is 2.21. The number of amides is 2. The fourth-order valence-corrected chi connectivity index (χ4v) is 2.13. The minimum absolute atomic E-state index is 0.0629. The monoisotopic (exact) mass is 278 g/mol. The van der Waals surface area contributed by atoms with Gasteiger partial charge in [-0.05, 0) is 17.7 Å². The van der Waals surface area contributed by atoms with Gasteiger partial charge in [-0.15, -0.1) is 0 Å². The highest BCUT2D eigenvalue weighted by atomic mass is 16.5. The molecule has 1 N–H and O–H groups in total. The molecule has 6 heteroatoms. The molecule has 0 atom stereocenters. The summed E-state index contributed by atoms with van der Waals surface area (Å²) in [5.41, 5.74) is 0.832. The lowest BCUT2D eigenvalue weighted by Gasteiger charge is -2.26. The Balaban J connectivity index is 2.05. The summed E-state index contributed by atoms with van der Waals surface area (Å²) in [7, 11) is 3.12. The van der Waals surface area contributed by atoms with Crippen molar-refractivity contribution in [3.63, 3.8) is 0 Å². The molecule has 1 aromatic carbocycles. The van der Waals surface area contributed by atoms with Crippen LogP contribution >= 0.6 is 0 Å². The summed E-state index contributed by atoms with van der Waals surface area (Å²) in [5, 5.41) is 2.69. The van der Waals surface area contributed by atoms with Crippen molar-refractivity contribution in [1.29, 1.82) is 0 Å². The van der Waals surface area contributed by atoms with Gasteiger partial charge in [0.05, 0.1) is 27.2 Å². The third-order valence-electron chi connectivity index (χ3n) is 3.19. The molecule has 0 unspecified atom stereocenters. The van der Waals surface area contributed by atoms with Crippen LogP contribution in [0, 0.1) is 0 Å². The van der Waals surface area contributed by atoms with Crippen molar-refractivity contribution in [3.05, 3.63) is 23.8 Å². The fourth-order valence-electron chi connectivity index (χ4n) is 2.13. The molecule has 1 aliphatic rings. The van der Waals surface area contributed by atoms with Gasteiger partial charge in [-0.1, -0.05) is 6.07 Å². The van der Waals surface area contributed by atoms with E-state index in [4.69, 9.17) is 9.47 Å². The van der Waals surface area contributed by atoms with Crippen LogP contribution in [0.2, 0.25) is 0 Å². The normalized spacial score (nSPS) is 14.7. The van der Waals surface area contributed by atoms with Gasteiger partial charge < -0.3 is 19.7 Å². The molecule has 1 aromatic rings. The summed E-state index contributed by atoms with van der Waals surface area (Å²) in [6, 6.07) is 5.37. The predicted octanol–water partition coefficient (Wildman–Crippen LogP) is 0.205. The van der Waals surface area contributed by atoms with E-state index in [1.165, 1.54) is 0 Å². The van der Waals surface area contributed by atoms with Crippen LogP contribution in [0.25, 0.3) is 0 Å². The number of ether oxygens (including phenoxy) is 2. The lowest BCUT2D eigenvalue weighted by Crippen LogP contribution is -2.50. The van der Waals surface area contributed by atoms with E-state index < -0.39 is 0 Å². The van der Waals surface area contributed by atoms with Crippen molar-refractivity contribution < 1.29 is 19.1 Å². The van der Waals surface area contributed by atoms with Gasteiger partial charge in [0.15, 0.2) is 11.5 Å². The Morgan fingerprint density at radius 3 is 2.70 bits per heavy atom. The number of nitrogens with zero attached hydrogens (tertiary/aromatic N) is 1. The molecular weight excluding hydrogens is 260 g/mol. The van der Waals surface area contributed by atoms with E-state index in [0.29, 0.717) is 24.6 Å². The lowest BCUT2D eigenvalue weighted by atomic mass is 10.1. The summed E-state index contributed by atoms with van der Waals surface area (Å²) in [6.45, 7) is 1.19. The second-order valence-corrected chi connectivity index (χ2v) is 4.53. The van der Waals surface area contributed by atoms with Crippen molar-refractivity contribution in [2.24, 2.45) is 0 Å². The first kappa shape index (κ1) is 14.2. The molecule has 0 aliphatic carbocycles. The summed E-state index contributed by atoms with van der Waals surface area (Å²) in [5.74, 6) is 1.04. The zero-order valence-electron chi connectivity index (χ0n) is 11.6. The summed E-state index contributed by atoms with van der Waals surface area (Å²) in [6.07, 6.45) is 0.244. The molecule has 0 bridgehead atoms. The Kier molecular flexibility index (Phi) is 4.45. The minimum Gasteiger partial charge on any atom is -0.493 e. The summed E-state index contributed by atoms with van der Waals surface area (Å²) >= 11 is 0. The van der Waals surface area contributed by atoms with Gasteiger partial charge in [0.1, 0.15) is 0 Å². The molecule has 6 nitrogen and oxygen atoms in total. The molecule has 20 heavy (non-hydrogen) atoms.